The van der Waals surface area contributed by atoms with Crippen LogP contribution in [0.25, 0.3) is 10.6 Å². The molecule has 7 nitrogen and oxygen atoms in total. The van der Waals surface area contributed by atoms with Crippen LogP contribution < -0.4 is 10.4 Å². The third-order valence-electron chi connectivity index (χ3n) is 3.81. The van der Waals surface area contributed by atoms with Crippen molar-refractivity contribution >= 4 is 28.8 Å². The van der Waals surface area contributed by atoms with Crippen LogP contribution in [0.15, 0.2) is 54.7 Å². The number of amides is 2. The van der Waals surface area contributed by atoms with E-state index in [9.17, 15) is 9.59 Å². The summed E-state index contributed by atoms with van der Waals surface area (Å²) in [6.45, 7) is 2.62. The minimum atomic E-state index is -0.558. The maximum atomic E-state index is 12.6. The van der Waals surface area contributed by atoms with E-state index in [2.05, 4.69) is 5.10 Å². The summed E-state index contributed by atoms with van der Waals surface area (Å²) in [5.41, 5.74) is 3.13. The van der Waals surface area contributed by atoms with Crippen molar-refractivity contribution in [3.8, 4) is 10.6 Å². The second-order valence-corrected chi connectivity index (χ2v) is 6.56. The lowest BCUT2D eigenvalue weighted by Gasteiger charge is -2.20. The Morgan fingerprint density at radius 1 is 1.19 bits per heavy atom. The number of likely N-dealkylation sites (N-methyl/N-ethyl adjacent to an activating group) is 1. The number of anilines is 1. The Hall–Kier alpha value is -2.97. The molecule has 1 aromatic carbocycles. The Morgan fingerprint density at radius 3 is 2.65 bits per heavy atom. The van der Waals surface area contributed by atoms with E-state index in [1.807, 2.05) is 37.3 Å². The number of benzene rings is 1. The van der Waals surface area contributed by atoms with Crippen LogP contribution in [0, 0.1) is 0 Å². The summed E-state index contributed by atoms with van der Waals surface area (Å²) in [5, 5.41) is 13.1. The largest absolute Gasteiger partial charge is 0.311 e. The number of carbonyl (C=O) groups excluding carboxylic acids is 2. The molecule has 0 aliphatic carbocycles. The zero-order valence-corrected chi connectivity index (χ0v) is 14.9. The van der Waals surface area contributed by atoms with Crippen LogP contribution in [-0.2, 0) is 11.3 Å². The number of aromatic nitrogens is 2. The molecule has 3 rings (SSSR count). The quantitative estimate of drug-likeness (QED) is 0.516. The molecule has 0 saturated heterocycles. The highest BCUT2D eigenvalue weighted by Gasteiger charge is 2.16. The molecule has 0 aliphatic rings. The SMILES string of the molecule is CCN(C(=O)Cn1ccc(-c2ccc(C(=O)NO)s2)n1)c1ccccc1. The van der Waals surface area contributed by atoms with Gasteiger partial charge in [0.05, 0.1) is 9.75 Å². The summed E-state index contributed by atoms with van der Waals surface area (Å²) in [7, 11) is 0. The third-order valence-corrected chi connectivity index (χ3v) is 4.91. The van der Waals surface area contributed by atoms with Crippen molar-refractivity contribution in [1.29, 1.82) is 0 Å². The monoisotopic (exact) mass is 370 g/mol. The van der Waals surface area contributed by atoms with Gasteiger partial charge in [0.15, 0.2) is 0 Å². The number of nitrogens with zero attached hydrogens (tertiary/aromatic N) is 3. The molecule has 0 radical (unpaired) electrons. The van der Waals surface area contributed by atoms with Crippen molar-refractivity contribution in [3.63, 3.8) is 0 Å². The highest BCUT2D eigenvalue weighted by Crippen LogP contribution is 2.26. The molecule has 2 amide bonds. The molecule has 2 N–H and O–H groups in total. The number of nitrogens with one attached hydrogen (secondary N) is 1. The maximum Gasteiger partial charge on any atom is 0.284 e. The van der Waals surface area contributed by atoms with Crippen molar-refractivity contribution in [3.05, 3.63) is 59.6 Å². The minimum absolute atomic E-state index is 0.0557. The average Bonchev–Trinajstić information content (AvgIpc) is 3.32. The standard InChI is InChI=1S/C18H18N4O3S/c1-2-22(13-6-4-3-5-7-13)17(23)12-21-11-10-14(19-21)15-8-9-16(26-15)18(24)20-25/h3-11,25H,2,12H2,1H3,(H,20,24). The second-order valence-electron chi connectivity index (χ2n) is 5.48. The Balaban J connectivity index is 1.72. The zero-order valence-electron chi connectivity index (χ0n) is 14.1. The highest BCUT2D eigenvalue weighted by atomic mass is 32.1. The van der Waals surface area contributed by atoms with Crippen molar-refractivity contribution in [2.75, 3.05) is 11.4 Å². The number of thiophene rings is 1. The molecular formula is C18H18N4O3S. The summed E-state index contributed by atoms with van der Waals surface area (Å²) in [5.74, 6) is -0.614. The summed E-state index contributed by atoms with van der Waals surface area (Å²) < 4.78 is 1.58. The van der Waals surface area contributed by atoms with Gasteiger partial charge >= 0.3 is 0 Å². The van der Waals surface area contributed by atoms with Gasteiger partial charge in [-0.1, -0.05) is 18.2 Å². The lowest BCUT2D eigenvalue weighted by molar-refractivity contribution is -0.119. The normalized spacial score (nSPS) is 10.5. The van der Waals surface area contributed by atoms with Crippen LogP contribution in [0.3, 0.4) is 0 Å². The maximum absolute atomic E-state index is 12.6. The summed E-state index contributed by atoms with van der Waals surface area (Å²) in [6, 6.07) is 14.7. The van der Waals surface area contributed by atoms with Gasteiger partial charge < -0.3 is 4.90 Å². The van der Waals surface area contributed by atoms with E-state index in [0.29, 0.717) is 17.1 Å². The predicted molar refractivity (Wildman–Crippen MR) is 99.3 cm³/mol. The van der Waals surface area contributed by atoms with E-state index in [-0.39, 0.29) is 12.5 Å². The first-order chi connectivity index (χ1) is 12.6. The molecule has 26 heavy (non-hydrogen) atoms. The fraction of sp³-hybridized carbons (Fsp3) is 0.167. The molecule has 0 saturated carbocycles. The molecule has 0 unspecified atom stereocenters. The van der Waals surface area contributed by atoms with Crippen molar-refractivity contribution in [2.24, 2.45) is 0 Å². The van der Waals surface area contributed by atoms with Crippen LogP contribution in [0.4, 0.5) is 5.69 Å². The van der Waals surface area contributed by atoms with Gasteiger partial charge in [0.1, 0.15) is 12.2 Å². The predicted octanol–water partition coefficient (Wildman–Crippen LogP) is 2.78. The Bertz CT molecular complexity index is 904. The Labute approximate surface area is 154 Å². The second kappa shape index (κ2) is 7.94. The van der Waals surface area contributed by atoms with Crippen LogP contribution in [-0.4, -0.2) is 33.3 Å². The van der Waals surface area contributed by atoms with Gasteiger partial charge in [-0.15, -0.1) is 11.3 Å². The number of rotatable bonds is 6. The first kappa shape index (κ1) is 17.8. The molecule has 2 aromatic heterocycles. The van der Waals surface area contributed by atoms with Gasteiger partial charge in [0.2, 0.25) is 5.91 Å². The molecule has 134 valence electrons. The van der Waals surface area contributed by atoms with Gasteiger partial charge in [-0.3, -0.25) is 19.5 Å². The van der Waals surface area contributed by atoms with E-state index >= 15 is 0 Å². The summed E-state index contributed by atoms with van der Waals surface area (Å²) in [4.78, 5) is 26.9. The molecule has 0 atom stereocenters. The number of hydroxylamine groups is 1. The molecule has 0 bridgehead atoms. The zero-order chi connectivity index (χ0) is 18.5. The van der Waals surface area contributed by atoms with Crippen LogP contribution in [0.5, 0.6) is 0 Å². The fourth-order valence-electron chi connectivity index (χ4n) is 2.57. The fourth-order valence-corrected chi connectivity index (χ4v) is 3.43. The average molecular weight is 370 g/mol. The van der Waals surface area contributed by atoms with Crippen LogP contribution in [0.1, 0.15) is 16.6 Å². The van der Waals surface area contributed by atoms with Gasteiger partial charge in [-0.2, -0.15) is 5.10 Å². The van der Waals surface area contributed by atoms with Gasteiger partial charge in [-0.05, 0) is 37.3 Å². The molecule has 0 aliphatic heterocycles. The van der Waals surface area contributed by atoms with Crippen molar-refractivity contribution in [1.82, 2.24) is 15.3 Å². The molecule has 0 spiro atoms. The van der Waals surface area contributed by atoms with Gasteiger partial charge in [0.25, 0.3) is 5.91 Å². The molecule has 0 fully saturated rings. The minimum Gasteiger partial charge on any atom is -0.311 e. The lowest BCUT2D eigenvalue weighted by Crippen LogP contribution is -2.33. The Kier molecular flexibility index (Phi) is 5.45. The lowest BCUT2D eigenvalue weighted by atomic mass is 10.3. The summed E-state index contributed by atoms with van der Waals surface area (Å²) in [6.07, 6.45) is 1.73. The van der Waals surface area contributed by atoms with E-state index in [1.165, 1.54) is 11.3 Å². The van der Waals surface area contributed by atoms with Crippen LogP contribution >= 0.6 is 11.3 Å². The van der Waals surface area contributed by atoms with Crippen molar-refractivity contribution in [2.45, 2.75) is 13.5 Å². The first-order valence-corrected chi connectivity index (χ1v) is 8.87. The Morgan fingerprint density at radius 2 is 1.96 bits per heavy atom. The van der Waals surface area contributed by atoms with Crippen molar-refractivity contribution < 1.29 is 14.8 Å². The number of hydrogen-bond acceptors (Lipinski definition) is 5. The van der Waals surface area contributed by atoms with Gasteiger partial charge in [-0.25, -0.2) is 5.48 Å². The van der Waals surface area contributed by atoms with E-state index in [0.717, 1.165) is 10.6 Å². The number of para-hydroxylation sites is 1. The molecule has 3 aromatic rings. The first-order valence-electron chi connectivity index (χ1n) is 8.06. The van der Waals surface area contributed by atoms with Crippen LogP contribution in [0.2, 0.25) is 0 Å². The number of carbonyl (C=O) groups is 2. The number of hydrogen-bond donors (Lipinski definition) is 2. The van der Waals surface area contributed by atoms with E-state index in [4.69, 9.17) is 5.21 Å². The van der Waals surface area contributed by atoms with E-state index in [1.54, 1.807) is 39.5 Å². The molecule has 2 heterocycles. The topological polar surface area (TPSA) is 87.5 Å². The smallest absolute Gasteiger partial charge is 0.284 e. The third kappa shape index (κ3) is 3.81. The van der Waals surface area contributed by atoms with E-state index < -0.39 is 5.91 Å². The molecular weight excluding hydrogens is 352 g/mol. The summed E-state index contributed by atoms with van der Waals surface area (Å²) >= 11 is 1.22. The van der Waals surface area contributed by atoms with Gasteiger partial charge in [0, 0.05) is 18.4 Å². The highest BCUT2D eigenvalue weighted by molar-refractivity contribution is 7.17. The molecule has 8 heteroatoms.